The number of carbonyl (C=O) groups is 1. The lowest BCUT2D eigenvalue weighted by Gasteiger charge is -2.37. The summed E-state index contributed by atoms with van der Waals surface area (Å²) in [5.41, 5.74) is 2.67. The van der Waals surface area contributed by atoms with Crippen molar-refractivity contribution in [2.45, 2.75) is 26.4 Å². The highest BCUT2D eigenvalue weighted by molar-refractivity contribution is 5.81. The molecule has 22 heavy (non-hydrogen) atoms. The molecule has 0 radical (unpaired) electrons. The van der Waals surface area contributed by atoms with Crippen molar-refractivity contribution in [2.75, 3.05) is 32.7 Å². The fourth-order valence-electron chi connectivity index (χ4n) is 2.86. The van der Waals surface area contributed by atoms with Gasteiger partial charge in [0.15, 0.2) is 0 Å². The van der Waals surface area contributed by atoms with Crippen molar-refractivity contribution in [1.29, 1.82) is 0 Å². The van der Waals surface area contributed by atoms with E-state index in [2.05, 4.69) is 52.9 Å². The topological polar surface area (TPSA) is 35.6 Å². The first-order valence-corrected chi connectivity index (χ1v) is 8.00. The van der Waals surface area contributed by atoms with E-state index in [4.69, 9.17) is 0 Å². The van der Waals surface area contributed by atoms with Crippen molar-refractivity contribution < 1.29 is 4.79 Å². The summed E-state index contributed by atoms with van der Waals surface area (Å²) in [6.07, 6.45) is 1.71. The fourth-order valence-corrected chi connectivity index (χ4v) is 2.86. The lowest BCUT2D eigenvalue weighted by Crippen LogP contribution is -2.53. The van der Waals surface area contributed by atoms with Crippen LogP contribution in [0.5, 0.6) is 0 Å². The molecule has 0 spiro atoms. The molecule has 1 atom stereocenters. The maximum absolute atomic E-state index is 12.0. The van der Waals surface area contributed by atoms with Crippen molar-refractivity contribution in [3.05, 3.63) is 48.0 Å². The first-order valence-electron chi connectivity index (χ1n) is 8.00. The highest BCUT2D eigenvalue weighted by Gasteiger charge is 2.25. The number of aryl methyl sites for hydroxylation is 1. The van der Waals surface area contributed by atoms with Gasteiger partial charge in [0.2, 0.25) is 5.91 Å². The van der Waals surface area contributed by atoms with Crippen LogP contribution in [0.15, 0.2) is 36.9 Å². The van der Waals surface area contributed by atoms with Crippen LogP contribution in [-0.2, 0) is 11.3 Å². The molecule has 120 valence electrons. The Morgan fingerprint density at radius 1 is 1.36 bits per heavy atom. The van der Waals surface area contributed by atoms with Gasteiger partial charge in [0.25, 0.3) is 0 Å². The summed E-state index contributed by atoms with van der Waals surface area (Å²) in [6, 6.07) is 8.61. The van der Waals surface area contributed by atoms with Gasteiger partial charge in [-0.3, -0.25) is 14.6 Å². The molecule has 0 aromatic heterocycles. The molecule has 1 aromatic carbocycles. The second kappa shape index (κ2) is 8.11. The molecule has 1 aliphatic heterocycles. The van der Waals surface area contributed by atoms with E-state index in [9.17, 15) is 4.79 Å². The summed E-state index contributed by atoms with van der Waals surface area (Å²) < 4.78 is 0. The van der Waals surface area contributed by atoms with E-state index in [-0.39, 0.29) is 11.9 Å². The summed E-state index contributed by atoms with van der Waals surface area (Å²) in [7, 11) is 0. The summed E-state index contributed by atoms with van der Waals surface area (Å²) in [4.78, 5) is 16.7. The van der Waals surface area contributed by atoms with Crippen molar-refractivity contribution in [3.8, 4) is 0 Å². The van der Waals surface area contributed by atoms with Crippen LogP contribution >= 0.6 is 0 Å². The van der Waals surface area contributed by atoms with E-state index in [0.29, 0.717) is 6.54 Å². The third kappa shape index (κ3) is 4.68. The Kier molecular flexibility index (Phi) is 6.16. The maximum atomic E-state index is 12.0. The third-order valence-electron chi connectivity index (χ3n) is 4.24. The molecule has 0 saturated carbocycles. The molecule has 1 saturated heterocycles. The Bertz CT molecular complexity index is 507. The summed E-state index contributed by atoms with van der Waals surface area (Å²) >= 11 is 0. The zero-order valence-electron chi connectivity index (χ0n) is 13.7. The lowest BCUT2D eigenvalue weighted by molar-refractivity contribution is -0.126. The summed E-state index contributed by atoms with van der Waals surface area (Å²) in [6.45, 7) is 13.2. The quantitative estimate of drug-likeness (QED) is 0.814. The summed E-state index contributed by atoms with van der Waals surface area (Å²) in [5, 5.41) is 2.87. The van der Waals surface area contributed by atoms with E-state index >= 15 is 0 Å². The van der Waals surface area contributed by atoms with Gasteiger partial charge in [0.1, 0.15) is 0 Å². The Morgan fingerprint density at radius 2 is 2.09 bits per heavy atom. The van der Waals surface area contributed by atoms with E-state index in [1.54, 1.807) is 6.08 Å². The van der Waals surface area contributed by atoms with E-state index in [1.807, 2.05) is 6.92 Å². The molecule has 1 aromatic rings. The van der Waals surface area contributed by atoms with Crippen LogP contribution in [-0.4, -0.2) is 54.5 Å². The van der Waals surface area contributed by atoms with Crippen molar-refractivity contribution >= 4 is 5.91 Å². The standard InChI is InChI=1S/C18H27N3O/c1-4-8-19-18(22)16(3)21-11-9-20(10-12-21)14-17-7-5-6-15(2)13-17/h4-7,13,16H,1,8-12,14H2,2-3H3,(H,19,22)/t16-/m0/s1. The van der Waals surface area contributed by atoms with Gasteiger partial charge in [-0.1, -0.05) is 35.9 Å². The second-order valence-corrected chi connectivity index (χ2v) is 6.01. The molecule has 0 unspecified atom stereocenters. The number of piperazine rings is 1. The van der Waals surface area contributed by atoms with Crippen LogP contribution in [0.4, 0.5) is 0 Å². The number of rotatable bonds is 6. The van der Waals surface area contributed by atoms with E-state index < -0.39 is 0 Å². The van der Waals surface area contributed by atoms with Gasteiger partial charge in [-0.25, -0.2) is 0 Å². The number of hydrogen-bond donors (Lipinski definition) is 1. The molecule has 4 heteroatoms. The van der Waals surface area contributed by atoms with Crippen LogP contribution in [0.25, 0.3) is 0 Å². The van der Waals surface area contributed by atoms with Crippen LogP contribution in [0.3, 0.4) is 0 Å². The second-order valence-electron chi connectivity index (χ2n) is 6.01. The predicted octanol–water partition coefficient (Wildman–Crippen LogP) is 1.80. The van der Waals surface area contributed by atoms with E-state index in [0.717, 1.165) is 32.7 Å². The van der Waals surface area contributed by atoms with Crippen molar-refractivity contribution in [2.24, 2.45) is 0 Å². The van der Waals surface area contributed by atoms with Gasteiger partial charge in [-0.15, -0.1) is 6.58 Å². The SMILES string of the molecule is C=CCNC(=O)[C@H](C)N1CCN(Cc2cccc(C)c2)CC1. The fraction of sp³-hybridized carbons (Fsp3) is 0.500. The highest BCUT2D eigenvalue weighted by Crippen LogP contribution is 2.12. The molecule has 1 N–H and O–H groups in total. The van der Waals surface area contributed by atoms with Crippen LogP contribution < -0.4 is 5.32 Å². The van der Waals surface area contributed by atoms with Crippen LogP contribution in [0.1, 0.15) is 18.1 Å². The first-order chi connectivity index (χ1) is 10.6. The first kappa shape index (κ1) is 16.7. The average molecular weight is 301 g/mol. The van der Waals surface area contributed by atoms with Crippen molar-refractivity contribution in [1.82, 2.24) is 15.1 Å². The van der Waals surface area contributed by atoms with Crippen molar-refractivity contribution in [3.63, 3.8) is 0 Å². The van der Waals surface area contributed by atoms with Crippen LogP contribution in [0, 0.1) is 6.92 Å². The molecule has 2 rings (SSSR count). The molecule has 4 nitrogen and oxygen atoms in total. The Hall–Kier alpha value is -1.65. The number of benzene rings is 1. The van der Waals surface area contributed by atoms with Gasteiger partial charge >= 0.3 is 0 Å². The molecule has 1 amide bonds. The average Bonchev–Trinajstić information content (AvgIpc) is 2.52. The van der Waals surface area contributed by atoms with Gasteiger partial charge in [-0.05, 0) is 19.4 Å². The van der Waals surface area contributed by atoms with Gasteiger partial charge in [0, 0.05) is 39.3 Å². The Morgan fingerprint density at radius 3 is 2.73 bits per heavy atom. The number of hydrogen-bond acceptors (Lipinski definition) is 3. The predicted molar refractivity (Wildman–Crippen MR) is 90.7 cm³/mol. The van der Waals surface area contributed by atoms with Gasteiger partial charge in [-0.2, -0.15) is 0 Å². The number of amides is 1. The lowest BCUT2D eigenvalue weighted by atomic mass is 10.1. The minimum Gasteiger partial charge on any atom is -0.351 e. The van der Waals surface area contributed by atoms with Gasteiger partial charge < -0.3 is 5.32 Å². The maximum Gasteiger partial charge on any atom is 0.237 e. The van der Waals surface area contributed by atoms with Crippen LogP contribution in [0.2, 0.25) is 0 Å². The van der Waals surface area contributed by atoms with E-state index in [1.165, 1.54) is 11.1 Å². The zero-order valence-corrected chi connectivity index (χ0v) is 13.7. The smallest absolute Gasteiger partial charge is 0.237 e. The zero-order chi connectivity index (χ0) is 15.9. The molecule has 1 fully saturated rings. The largest absolute Gasteiger partial charge is 0.351 e. The Labute approximate surface area is 133 Å². The normalized spacial score (nSPS) is 17.9. The molecule has 1 heterocycles. The minimum absolute atomic E-state index is 0.0685. The molecule has 0 aliphatic carbocycles. The molecular formula is C18H27N3O. The molecular weight excluding hydrogens is 274 g/mol. The molecule has 0 bridgehead atoms. The third-order valence-corrected chi connectivity index (χ3v) is 4.24. The number of nitrogens with zero attached hydrogens (tertiary/aromatic N) is 2. The number of carbonyl (C=O) groups excluding carboxylic acids is 1. The number of nitrogens with one attached hydrogen (secondary N) is 1. The highest BCUT2D eigenvalue weighted by atomic mass is 16.2. The minimum atomic E-state index is -0.0685. The molecule has 1 aliphatic rings. The summed E-state index contributed by atoms with van der Waals surface area (Å²) in [5.74, 6) is 0.0898. The van der Waals surface area contributed by atoms with Gasteiger partial charge in [0.05, 0.1) is 6.04 Å². The Balaban J connectivity index is 1.80. The monoisotopic (exact) mass is 301 g/mol.